The number of hydrogen-bond donors (Lipinski definition) is 2. The molecule has 6 nitrogen and oxygen atoms in total. The van der Waals surface area contributed by atoms with Crippen LogP contribution in [0.5, 0.6) is 0 Å². The monoisotopic (exact) mass is 293 g/mol. The van der Waals surface area contributed by atoms with Gasteiger partial charge in [0.15, 0.2) is 6.10 Å². The molecule has 2 unspecified atom stereocenters. The van der Waals surface area contributed by atoms with Crippen LogP contribution in [-0.2, 0) is 25.5 Å². The molecule has 2 rings (SSSR count). The highest BCUT2D eigenvalue weighted by Gasteiger charge is 2.24. The number of carbonyl (C=O) groups is 2. The molecule has 1 aromatic rings. The van der Waals surface area contributed by atoms with Crippen molar-refractivity contribution in [2.75, 3.05) is 20.3 Å². The molecule has 0 saturated carbocycles. The summed E-state index contributed by atoms with van der Waals surface area (Å²) >= 11 is 0. The summed E-state index contributed by atoms with van der Waals surface area (Å²) in [6, 6.07) is 7.89. The standard InChI is InChI=1S/C15H19NO5/c1-20-13(15(18)19)9-16-14(17)8-12-11-5-3-2-4-10(11)6-7-21-12/h2-5,12-13H,6-9H2,1H3,(H,16,17)(H,18,19). The van der Waals surface area contributed by atoms with Crippen molar-refractivity contribution in [1.82, 2.24) is 5.32 Å². The topological polar surface area (TPSA) is 84.9 Å². The Balaban J connectivity index is 1.90. The van der Waals surface area contributed by atoms with Crippen molar-refractivity contribution in [1.29, 1.82) is 0 Å². The largest absolute Gasteiger partial charge is 0.479 e. The maximum absolute atomic E-state index is 11.9. The number of amides is 1. The number of ether oxygens (including phenoxy) is 2. The van der Waals surface area contributed by atoms with Gasteiger partial charge in [0.25, 0.3) is 0 Å². The first-order valence-electron chi connectivity index (χ1n) is 6.83. The van der Waals surface area contributed by atoms with Gasteiger partial charge in [0.2, 0.25) is 5.91 Å². The first-order chi connectivity index (χ1) is 10.1. The molecule has 0 fully saturated rings. The summed E-state index contributed by atoms with van der Waals surface area (Å²) in [7, 11) is 1.30. The molecule has 1 aromatic carbocycles. The van der Waals surface area contributed by atoms with E-state index in [1.165, 1.54) is 12.7 Å². The maximum atomic E-state index is 11.9. The van der Waals surface area contributed by atoms with Crippen LogP contribution < -0.4 is 5.32 Å². The molecular weight excluding hydrogens is 274 g/mol. The normalized spacial score (nSPS) is 18.6. The molecule has 21 heavy (non-hydrogen) atoms. The molecular formula is C15H19NO5. The average molecular weight is 293 g/mol. The van der Waals surface area contributed by atoms with Gasteiger partial charge in [0.1, 0.15) is 0 Å². The summed E-state index contributed by atoms with van der Waals surface area (Å²) in [5.41, 5.74) is 2.22. The number of benzene rings is 1. The zero-order valence-corrected chi connectivity index (χ0v) is 11.9. The molecule has 1 aliphatic heterocycles. The van der Waals surface area contributed by atoms with Crippen molar-refractivity contribution in [2.24, 2.45) is 0 Å². The lowest BCUT2D eigenvalue weighted by atomic mass is 9.95. The second kappa shape index (κ2) is 7.19. The summed E-state index contributed by atoms with van der Waals surface area (Å²) in [5.74, 6) is -1.35. The average Bonchev–Trinajstić information content (AvgIpc) is 2.48. The van der Waals surface area contributed by atoms with Gasteiger partial charge < -0.3 is 19.9 Å². The van der Waals surface area contributed by atoms with Gasteiger partial charge in [0.05, 0.1) is 25.7 Å². The third kappa shape index (κ3) is 4.03. The molecule has 114 valence electrons. The van der Waals surface area contributed by atoms with Gasteiger partial charge in [-0.05, 0) is 17.5 Å². The second-order valence-corrected chi connectivity index (χ2v) is 4.88. The number of aliphatic carboxylic acids is 1. The number of hydrogen-bond acceptors (Lipinski definition) is 4. The number of fused-ring (bicyclic) bond motifs is 1. The smallest absolute Gasteiger partial charge is 0.334 e. The van der Waals surface area contributed by atoms with Crippen LogP contribution in [0, 0.1) is 0 Å². The minimum absolute atomic E-state index is 0.0565. The van der Waals surface area contributed by atoms with E-state index in [2.05, 4.69) is 5.32 Å². The molecule has 1 aliphatic rings. The van der Waals surface area contributed by atoms with Crippen LogP contribution in [0.4, 0.5) is 0 Å². The van der Waals surface area contributed by atoms with E-state index in [9.17, 15) is 9.59 Å². The molecule has 0 bridgehead atoms. The van der Waals surface area contributed by atoms with E-state index in [1.807, 2.05) is 24.3 Å². The van der Waals surface area contributed by atoms with E-state index in [4.69, 9.17) is 14.6 Å². The number of carboxylic acid groups (broad SMARTS) is 1. The van der Waals surface area contributed by atoms with E-state index in [0.29, 0.717) is 6.61 Å². The summed E-state index contributed by atoms with van der Waals surface area (Å²) in [6.45, 7) is 0.532. The summed E-state index contributed by atoms with van der Waals surface area (Å²) in [4.78, 5) is 22.7. The molecule has 1 amide bonds. The van der Waals surface area contributed by atoms with Gasteiger partial charge in [-0.2, -0.15) is 0 Å². The van der Waals surface area contributed by atoms with Gasteiger partial charge in [-0.3, -0.25) is 4.79 Å². The fourth-order valence-corrected chi connectivity index (χ4v) is 2.36. The minimum atomic E-state index is -1.10. The van der Waals surface area contributed by atoms with Crippen LogP contribution in [0.15, 0.2) is 24.3 Å². The van der Waals surface area contributed by atoms with E-state index in [1.54, 1.807) is 0 Å². The van der Waals surface area contributed by atoms with Gasteiger partial charge >= 0.3 is 5.97 Å². The van der Waals surface area contributed by atoms with Crippen LogP contribution in [0.2, 0.25) is 0 Å². The van der Waals surface area contributed by atoms with Gasteiger partial charge in [-0.1, -0.05) is 24.3 Å². The van der Waals surface area contributed by atoms with E-state index >= 15 is 0 Å². The highest BCUT2D eigenvalue weighted by Crippen LogP contribution is 2.29. The molecule has 2 N–H and O–H groups in total. The number of carbonyl (C=O) groups excluding carboxylic acids is 1. The third-order valence-corrected chi connectivity index (χ3v) is 3.51. The quantitative estimate of drug-likeness (QED) is 0.814. The lowest BCUT2D eigenvalue weighted by Crippen LogP contribution is -2.38. The SMILES string of the molecule is COC(CNC(=O)CC1OCCc2ccccc21)C(=O)O. The molecule has 0 aliphatic carbocycles. The number of methoxy groups -OCH3 is 1. The number of nitrogens with one attached hydrogen (secondary N) is 1. The Labute approximate surface area is 123 Å². The Morgan fingerprint density at radius 1 is 1.48 bits per heavy atom. The van der Waals surface area contributed by atoms with Crippen LogP contribution in [-0.4, -0.2) is 43.3 Å². The molecule has 0 radical (unpaired) electrons. The third-order valence-electron chi connectivity index (χ3n) is 3.51. The van der Waals surface area contributed by atoms with E-state index in [-0.39, 0.29) is 25.0 Å². The van der Waals surface area contributed by atoms with Crippen LogP contribution >= 0.6 is 0 Å². The molecule has 2 atom stereocenters. The first-order valence-corrected chi connectivity index (χ1v) is 6.83. The Hall–Kier alpha value is -1.92. The van der Waals surface area contributed by atoms with Crippen LogP contribution in [0.25, 0.3) is 0 Å². The summed E-state index contributed by atoms with van der Waals surface area (Å²) in [5, 5.41) is 11.4. The lowest BCUT2D eigenvalue weighted by molar-refractivity contribution is -0.148. The van der Waals surface area contributed by atoms with Crippen LogP contribution in [0.3, 0.4) is 0 Å². The number of rotatable bonds is 6. The van der Waals surface area contributed by atoms with Gasteiger partial charge in [-0.15, -0.1) is 0 Å². The molecule has 0 spiro atoms. The predicted octanol–water partition coefficient (Wildman–Crippen LogP) is 0.906. The summed E-state index contributed by atoms with van der Waals surface area (Å²) < 4.78 is 10.4. The fraction of sp³-hybridized carbons (Fsp3) is 0.467. The van der Waals surface area contributed by atoms with Crippen molar-refractivity contribution >= 4 is 11.9 Å². The van der Waals surface area contributed by atoms with Gasteiger partial charge in [0, 0.05) is 7.11 Å². The molecule has 1 heterocycles. The van der Waals surface area contributed by atoms with Crippen molar-refractivity contribution in [3.63, 3.8) is 0 Å². The lowest BCUT2D eigenvalue weighted by Gasteiger charge is -2.25. The predicted molar refractivity (Wildman–Crippen MR) is 74.9 cm³/mol. The van der Waals surface area contributed by atoms with E-state index in [0.717, 1.165) is 12.0 Å². The highest BCUT2D eigenvalue weighted by atomic mass is 16.5. The second-order valence-electron chi connectivity index (χ2n) is 4.88. The fourth-order valence-electron chi connectivity index (χ4n) is 2.36. The Bertz CT molecular complexity index is 517. The Morgan fingerprint density at radius 3 is 2.95 bits per heavy atom. The molecule has 6 heteroatoms. The van der Waals surface area contributed by atoms with Crippen LogP contribution in [0.1, 0.15) is 23.7 Å². The maximum Gasteiger partial charge on any atom is 0.334 e. The van der Waals surface area contributed by atoms with Crippen molar-refractivity contribution in [3.8, 4) is 0 Å². The summed E-state index contributed by atoms with van der Waals surface area (Å²) in [6.07, 6.45) is -0.291. The zero-order valence-electron chi connectivity index (χ0n) is 11.9. The highest BCUT2D eigenvalue weighted by molar-refractivity contribution is 5.78. The van der Waals surface area contributed by atoms with Crippen molar-refractivity contribution < 1.29 is 24.2 Å². The molecule has 0 saturated heterocycles. The van der Waals surface area contributed by atoms with Crippen molar-refractivity contribution in [2.45, 2.75) is 25.0 Å². The first kappa shape index (κ1) is 15.5. The number of carboxylic acids is 1. The zero-order chi connectivity index (χ0) is 15.2. The van der Waals surface area contributed by atoms with E-state index < -0.39 is 12.1 Å². The molecule has 0 aromatic heterocycles. The van der Waals surface area contributed by atoms with Gasteiger partial charge in [-0.25, -0.2) is 4.79 Å². The Morgan fingerprint density at radius 2 is 2.24 bits per heavy atom. The van der Waals surface area contributed by atoms with Crippen molar-refractivity contribution in [3.05, 3.63) is 35.4 Å². The Kier molecular flexibility index (Phi) is 5.30. The minimum Gasteiger partial charge on any atom is -0.479 e.